The van der Waals surface area contributed by atoms with E-state index in [2.05, 4.69) is 10.3 Å². The maximum Gasteiger partial charge on any atom is 0.251 e. The van der Waals surface area contributed by atoms with E-state index in [1.54, 1.807) is 12.1 Å². The molecule has 0 atom stereocenters. The second-order valence-electron chi connectivity index (χ2n) is 3.27. The fraction of sp³-hybridized carbons (Fsp3) is 0.400. The van der Waals surface area contributed by atoms with E-state index in [0.717, 1.165) is 0 Å². The summed E-state index contributed by atoms with van der Waals surface area (Å²) >= 11 is 5.73. The van der Waals surface area contributed by atoms with Crippen LogP contribution in [-0.4, -0.2) is 23.6 Å². The first-order valence-electron chi connectivity index (χ1n) is 4.61. The van der Waals surface area contributed by atoms with E-state index in [4.69, 9.17) is 16.3 Å². The molecule has 0 unspecified atom stereocenters. The van der Waals surface area contributed by atoms with Crippen LogP contribution in [0.15, 0.2) is 18.3 Å². The van der Waals surface area contributed by atoms with Gasteiger partial charge in [0.15, 0.2) is 0 Å². The van der Waals surface area contributed by atoms with Gasteiger partial charge in [0.2, 0.25) is 0 Å². The molecular formula is C10H13ClN2O2. The van der Waals surface area contributed by atoms with Crippen molar-refractivity contribution in [3.63, 3.8) is 0 Å². The third kappa shape index (κ3) is 4.76. The van der Waals surface area contributed by atoms with Gasteiger partial charge in [-0.15, -0.1) is 0 Å². The van der Waals surface area contributed by atoms with Crippen LogP contribution in [0.4, 0.5) is 5.82 Å². The van der Waals surface area contributed by atoms with Crippen molar-refractivity contribution in [2.24, 2.45) is 0 Å². The van der Waals surface area contributed by atoms with E-state index in [1.165, 1.54) is 6.20 Å². The van der Waals surface area contributed by atoms with Crippen LogP contribution in [0.3, 0.4) is 0 Å². The van der Waals surface area contributed by atoms with Crippen molar-refractivity contribution in [1.82, 2.24) is 4.98 Å². The first-order chi connectivity index (χ1) is 7.08. The minimum absolute atomic E-state index is 0.0197. The topological polar surface area (TPSA) is 51.2 Å². The Kier molecular flexibility index (Phi) is 4.52. The van der Waals surface area contributed by atoms with Crippen molar-refractivity contribution in [2.75, 3.05) is 11.9 Å². The van der Waals surface area contributed by atoms with Crippen LogP contribution >= 0.6 is 11.6 Å². The zero-order valence-electron chi connectivity index (χ0n) is 8.66. The Labute approximate surface area is 93.6 Å². The predicted molar refractivity (Wildman–Crippen MR) is 59.0 cm³/mol. The number of hydrogen-bond donors (Lipinski definition) is 1. The molecule has 0 bridgehead atoms. The van der Waals surface area contributed by atoms with Crippen molar-refractivity contribution in [3.05, 3.63) is 23.4 Å². The average Bonchev–Trinajstić information content (AvgIpc) is 2.15. The molecule has 0 aliphatic heterocycles. The minimum atomic E-state index is -0.238. The van der Waals surface area contributed by atoms with E-state index in [1.807, 2.05) is 13.8 Å². The molecule has 15 heavy (non-hydrogen) atoms. The third-order valence-corrected chi connectivity index (χ3v) is 1.77. The average molecular weight is 229 g/mol. The van der Waals surface area contributed by atoms with Crippen LogP contribution in [0.5, 0.6) is 0 Å². The molecule has 4 nitrogen and oxygen atoms in total. The maximum atomic E-state index is 11.3. The summed E-state index contributed by atoms with van der Waals surface area (Å²) < 4.78 is 5.13. The van der Waals surface area contributed by atoms with E-state index in [0.29, 0.717) is 10.8 Å². The molecule has 1 heterocycles. The van der Waals surface area contributed by atoms with Crippen LogP contribution in [-0.2, 0) is 9.53 Å². The summed E-state index contributed by atoms with van der Waals surface area (Å²) in [5, 5.41) is 3.11. The Morgan fingerprint density at radius 3 is 3.00 bits per heavy atom. The molecule has 1 N–H and O–H groups in total. The van der Waals surface area contributed by atoms with Gasteiger partial charge >= 0.3 is 0 Å². The Hall–Kier alpha value is -1.13. The molecule has 0 fully saturated rings. The summed E-state index contributed by atoms with van der Waals surface area (Å²) in [6.45, 7) is 3.75. The standard InChI is InChI=1S/C10H13ClN2O2/c1-7(2)15-6-10(14)13-9-5-8(11)3-4-12-9/h3-5,7H,6H2,1-2H3,(H,12,13,14). The highest BCUT2D eigenvalue weighted by atomic mass is 35.5. The monoisotopic (exact) mass is 228 g/mol. The number of nitrogens with zero attached hydrogens (tertiary/aromatic N) is 1. The Bertz CT molecular complexity index is 342. The molecule has 82 valence electrons. The summed E-state index contributed by atoms with van der Waals surface area (Å²) in [4.78, 5) is 15.2. The molecule has 0 saturated carbocycles. The van der Waals surface area contributed by atoms with Crippen LogP contribution in [0.1, 0.15) is 13.8 Å². The highest BCUT2D eigenvalue weighted by Gasteiger charge is 2.04. The van der Waals surface area contributed by atoms with E-state index in [9.17, 15) is 4.79 Å². The molecule has 1 amide bonds. The lowest BCUT2D eigenvalue weighted by molar-refractivity contribution is -0.121. The molecule has 0 saturated heterocycles. The van der Waals surface area contributed by atoms with Crippen LogP contribution < -0.4 is 5.32 Å². The van der Waals surface area contributed by atoms with Gasteiger partial charge < -0.3 is 10.1 Å². The molecule has 0 aliphatic carbocycles. The van der Waals surface area contributed by atoms with Gasteiger partial charge in [-0.05, 0) is 26.0 Å². The van der Waals surface area contributed by atoms with Crippen LogP contribution in [0.2, 0.25) is 5.02 Å². The number of carbonyl (C=O) groups is 1. The Balaban J connectivity index is 2.44. The molecule has 0 aliphatic rings. The predicted octanol–water partition coefficient (Wildman–Crippen LogP) is 2.10. The smallest absolute Gasteiger partial charge is 0.251 e. The largest absolute Gasteiger partial charge is 0.369 e. The number of ether oxygens (including phenoxy) is 1. The Morgan fingerprint density at radius 1 is 1.67 bits per heavy atom. The van der Waals surface area contributed by atoms with Gasteiger partial charge in [-0.3, -0.25) is 4.79 Å². The first kappa shape index (κ1) is 11.9. The summed E-state index contributed by atoms with van der Waals surface area (Å²) in [7, 11) is 0. The molecule has 0 aromatic carbocycles. The van der Waals surface area contributed by atoms with E-state index >= 15 is 0 Å². The van der Waals surface area contributed by atoms with Gasteiger partial charge in [0.1, 0.15) is 12.4 Å². The summed E-state index contributed by atoms with van der Waals surface area (Å²) in [6, 6.07) is 3.22. The van der Waals surface area contributed by atoms with E-state index in [-0.39, 0.29) is 18.6 Å². The number of amides is 1. The second-order valence-corrected chi connectivity index (χ2v) is 3.70. The Morgan fingerprint density at radius 2 is 2.40 bits per heavy atom. The highest BCUT2D eigenvalue weighted by Crippen LogP contribution is 2.11. The number of pyridine rings is 1. The lowest BCUT2D eigenvalue weighted by atomic mass is 10.4. The minimum Gasteiger partial charge on any atom is -0.369 e. The SMILES string of the molecule is CC(C)OCC(=O)Nc1cc(Cl)ccn1. The molecule has 1 aromatic rings. The fourth-order valence-electron chi connectivity index (χ4n) is 0.894. The van der Waals surface area contributed by atoms with Crippen molar-refractivity contribution in [1.29, 1.82) is 0 Å². The lowest BCUT2D eigenvalue weighted by Crippen LogP contribution is -2.21. The number of hydrogen-bond acceptors (Lipinski definition) is 3. The molecule has 1 aromatic heterocycles. The summed E-state index contributed by atoms with van der Waals surface area (Å²) in [5.41, 5.74) is 0. The van der Waals surface area contributed by atoms with Crippen molar-refractivity contribution in [3.8, 4) is 0 Å². The fourth-order valence-corrected chi connectivity index (χ4v) is 1.05. The van der Waals surface area contributed by atoms with E-state index < -0.39 is 0 Å². The number of halogens is 1. The maximum absolute atomic E-state index is 11.3. The highest BCUT2D eigenvalue weighted by molar-refractivity contribution is 6.30. The number of nitrogens with one attached hydrogen (secondary N) is 1. The van der Waals surface area contributed by atoms with Gasteiger partial charge in [0.25, 0.3) is 5.91 Å². The normalized spacial score (nSPS) is 10.4. The molecule has 5 heteroatoms. The molecule has 1 rings (SSSR count). The van der Waals surface area contributed by atoms with Gasteiger partial charge in [-0.25, -0.2) is 4.98 Å². The van der Waals surface area contributed by atoms with Crippen molar-refractivity contribution >= 4 is 23.3 Å². The number of rotatable bonds is 4. The molecule has 0 spiro atoms. The van der Waals surface area contributed by atoms with Gasteiger partial charge in [0.05, 0.1) is 6.10 Å². The summed E-state index contributed by atoms with van der Waals surface area (Å²) in [5.74, 6) is 0.193. The number of carbonyl (C=O) groups excluding carboxylic acids is 1. The van der Waals surface area contributed by atoms with Gasteiger partial charge in [-0.2, -0.15) is 0 Å². The zero-order chi connectivity index (χ0) is 11.3. The van der Waals surface area contributed by atoms with Crippen molar-refractivity contribution in [2.45, 2.75) is 20.0 Å². The molecular weight excluding hydrogens is 216 g/mol. The van der Waals surface area contributed by atoms with Gasteiger partial charge in [0, 0.05) is 11.2 Å². The van der Waals surface area contributed by atoms with Crippen LogP contribution in [0.25, 0.3) is 0 Å². The third-order valence-electron chi connectivity index (χ3n) is 1.54. The first-order valence-corrected chi connectivity index (χ1v) is 4.98. The zero-order valence-corrected chi connectivity index (χ0v) is 9.41. The van der Waals surface area contributed by atoms with Crippen molar-refractivity contribution < 1.29 is 9.53 Å². The summed E-state index contributed by atoms with van der Waals surface area (Å²) in [6.07, 6.45) is 1.56. The quantitative estimate of drug-likeness (QED) is 0.859. The second kappa shape index (κ2) is 5.68. The number of anilines is 1. The van der Waals surface area contributed by atoms with Gasteiger partial charge in [-0.1, -0.05) is 11.6 Å². The lowest BCUT2D eigenvalue weighted by Gasteiger charge is -2.07. The molecule has 0 radical (unpaired) electrons. The number of aromatic nitrogens is 1. The van der Waals surface area contributed by atoms with Crippen LogP contribution in [0, 0.1) is 0 Å².